The monoisotopic (exact) mass is 259 g/mol. The lowest BCUT2D eigenvalue weighted by molar-refractivity contribution is 0.398. The summed E-state index contributed by atoms with van der Waals surface area (Å²) in [5.74, 6) is 0.480. The summed E-state index contributed by atoms with van der Waals surface area (Å²) in [4.78, 5) is 3.91. The molecule has 1 heterocycles. The van der Waals surface area contributed by atoms with Crippen LogP contribution in [0.25, 0.3) is 0 Å². The molecule has 17 heavy (non-hydrogen) atoms. The highest BCUT2D eigenvalue weighted by Gasteiger charge is 2.09. The average molecular weight is 259 g/mol. The normalized spacial score (nSPS) is 11.2. The van der Waals surface area contributed by atoms with E-state index in [0.717, 1.165) is 6.54 Å². The van der Waals surface area contributed by atoms with Gasteiger partial charge in [-0.05, 0) is 12.6 Å². The van der Waals surface area contributed by atoms with E-state index in [0.29, 0.717) is 18.1 Å². The number of rotatable bonds is 7. The highest BCUT2D eigenvalue weighted by atomic mass is 32.2. The van der Waals surface area contributed by atoms with Crippen LogP contribution in [0.4, 0.5) is 5.69 Å². The third-order valence-corrected chi connectivity index (χ3v) is 3.30. The zero-order chi connectivity index (χ0) is 12.7. The first kappa shape index (κ1) is 13.7. The standard InChI is InChI=1S/C10H17N3O3S/c1-3-11-6-7-17(14,15)13-9-4-5-10(16-2)12-8-9/h4-5,8,11,13H,3,6-7H2,1-2H3. The van der Waals surface area contributed by atoms with Crippen LogP contribution in [0.5, 0.6) is 5.88 Å². The highest BCUT2D eigenvalue weighted by molar-refractivity contribution is 7.92. The van der Waals surface area contributed by atoms with Crippen molar-refractivity contribution in [2.75, 3.05) is 30.7 Å². The number of hydrogen-bond donors (Lipinski definition) is 2. The SMILES string of the molecule is CCNCCS(=O)(=O)Nc1ccc(OC)nc1. The van der Waals surface area contributed by atoms with Gasteiger partial charge in [-0.25, -0.2) is 13.4 Å². The Bertz CT molecular complexity index is 431. The summed E-state index contributed by atoms with van der Waals surface area (Å²) in [5.41, 5.74) is 0.433. The van der Waals surface area contributed by atoms with Gasteiger partial charge in [-0.2, -0.15) is 0 Å². The second-order valence-corrected chi connectivity index (χ2v) is 5.21. The number of hydrogen-bond acceptors (Lipinski definition) is 5. The van der Waals surface area contributed by atoms with Gasteiger partial charge in [0.15, 0.2) is 0 Å². The summed E-state index contributed by atoms with van der Waals surface area (Å²) >= 11 is 0. The van der Waals surface area contributed by atoms with Gasteiger partial charge in [0, 0.05) is 12.6 Å². The Balaban J connectivity index is 2.56. The maximum Gasteiger partial charge on any atom is 0.234 e. The molecule has 0 atom stereocenters. The fraction of sp³-hybridized carbons (Fsp3) is 0.500. The van der Waals surface area contributed by atoms with Crippen molar-refractivity contribution < 1.29 is 13.2 Å². The van der Waals surface area contributed by atoms with E-state index in [2.05, 4.69) is 15.0 Å². The van der Waals surface area contributed by atoms with E-state index in [1.165, 1.54) is 13.3 Å². The van der Waals surface area contributed by atoms with Crippen molar-refractivity contribution in [1.29, 1.82) is 0 Å². The van der Waals surface area contributed by atoms with Crippen LogP contribution in [0.2, 0.25) is 0 Å². The van der Waals surface area contributed by atoms with Gasteiger partial charge in [0.2, 0.25) is 15.9 Å². The minimum atomic E-state index is -3.32. The van der Waals surface area contributed by atoms with Crippen LogP contribution in [0.1, 0.15) is 6.92 Å². The van der Waals surface area contributed by atoms with Crippen LogP contribution < -0.4 is 14.8 Å². The van der Waals surface area contributed by atoms with Crippen molar-refractivity contribution in [1.82, 2.24) is 10.3 Å². The number of nitrogens with zero attached hydrogens (tertiary/aromatic N) is 1. The van der Waals surface area contributed by atoms with E-state index >= 15 is 0 Å². The molecule has 0 unspecified atom stereocenters. The first-order valence-electron chi connectivity index (χ1n) is 5.28. The van der Waals surface area contributed by atoms with Crippen molar-refractivity contribution in [3.8, 4) is 5.88 Å². The van der Waals surface area contributed by atoms with E-state index in [1.807, 2.05) is 6.92 Å². The quantitative estimate of drug-likeness (QED) is 0.695. The van der Waals surface area contributed by atoms with Crippen LogP contribution >= 0.6 is 0 Å². The Morgan fingerprint density at radius 2 is 2.18 bits per heavy atom. The molecule has 1 aromatic rings. The second-order valence-electron chi connectivity index (χ2n) is 3.36. The Labute approximate surface area is 101 Å². The van der Waals surface area contributed by atoms with Gasteiger partial charge in [0.25, 0.3) is 0 Å². The molecule has 6 nitrogen and oxygen atoms in total. The van der Waals surface area contributed by atoms with Crippen LogP contribution in [-0.4, -0.2) is 39.4 Å². The molecule has 0 spiro atoms. The van der Waals surface area contributed by atoms with Crippen LogP contribution in [-0.2, 0) is 10.0 Å². The molecule has 0 saturated heterocycles. The molecule has 1 aromatic heterocycles. The number of methoxy groups -OCH3 is 1. The van der Waals surface area contributed by atoms with Crippen LogP contribution in [0.15, 0.2) is 18.3 Å². The first-order valence-corrected chi connectivity index (χ1v) is 6.94. The summed E-state index contributed by atoms with van der Waals surface area (Å²) in [6.45, 7) is 3.10. The number of anilines is 1. The molecule has 1 rings (SSSR count). The number of pyridine rings is 1. The minimum Gasteiger partial charge on any atom is -0.481 e. The predicted octanol–water partition coefficient (Wildman–Crippen LogP) is 0.441. The van der Waals surface area contributed by atoms with Crippen LogP contribution in [0, 0.1) is 0 Å². The first-order chi connectivity index (χ1) is 8.07. The highest BCUT2D eigenvalue weighted by Crippen LogP contribution is 2.12. The second kappa shape index (κ2) is 6.41. The summed E-state index contributed by atoms with van der Waals surface area (Å²) < 4.78 is 30.6. The van der Waals surface area contributed by atoms with E-state index in [-0.39, 0.29) is 5.75 Å². The van der Waals surface area contributed by atoms with Gasteiger partial charge in [0.1, 0.15) is 0 Å². The zero-order valence-corrected chi connectivity index (χ0v) is 10.8. The molecule has 0 fully saturated rings. The number of nitrogens with one attached hydrogen (secondary N) is 2. The predicted molar refractivity (Wildman–Crippen MR) is 66.7 cm³/mol. The van der Waals surface area contributed by atoms with Crippen molar-refractivity contribution in [2.45, 2.75) is 6.92 Å². The van der Waals surface area contributed by atoms with E-state index in [4.69, 9.17) is 4.74 Å². The maximum atomic E-state index is 11.6. The molecule has 0 saturated carbocycles. The lowest BCUT2D eigenvalue weighted by Crippen LogP contribution is -2.26. The summed E-state index contributed by atoms with van der Waals surface area (Å²) in [6, 6.07) is 3.21. The van der Waals surface area contributed by atoms with Gasteiger partial charge in [-0.3, -0.25) is 4.72 Å². The largest absolute Gasteiger partial charge is 0.481 e. The van der Waals surface area contributed by atoms with Gasteiger partial charge in [0.05, 0.1) is 24.7 Å². The molecule has 0 bridgehead atoms. The van der Waals surface area contributed by atoms with Gasteiger partial charge >= 0.3 is 0 Å². The molecule has 96 valence electrons. The fourth-order valence-electron chi connectivity index (χ4n) is 1.18. The van der Waals surface area contributed by atoms with Crippen molar-refractivity contribution in [3.05, 3.63) is 18.3 Å². The van der Waals surface area contributed by atoms with Crippen molar-refractivity contribution in [3.63, 3.8) is 0 Å². The molecular weight excluding hydrogens is 242 g/mol. The molecule has 0 amide bonds. The lowest BCUT2D eigenvalue weighted by atomic mass is 10.4. The summed E-state index contributed by atoms with van der Waals surface area (Å²) in [7, 11) is -1.82. The Hall–Kier alpha value is -1.34. The van der Waals surface area contributed by atoms with Crippen molar-refractivity contribution in [2.24, 2.45) is 0 Å². The third kappa shape index (κ3) is 5.01. The van der Waals surface area contributed by atoms with E-state index in [9.17, 15) is 8.42 Å². The summed E-state index contributed by atoms with van der Waals surface area (Å²) in [6.07, 6.45) is 1.42. The molecule has 0 aromatic carbocycles. The molecule has 0 radical (unpaired) electrons. The summed E-state index contributed by atoms with van der Waals surface area (Å²) in [5, 5.41) is 2.95. The fourth-order valence-corrected chi connectivity index (χ4v) is 2.17. The van der Waals surface area contributed by atoms with Crippen molar-refractivity contribution >= 4 is 15.7 Å². The molecule has 0 aliphatic rings. The Kier molecular flexibility index (Phi) is 5.17. The molecule has 2 N–H and O–H groups in total. The van der Waals surface area contributed by atoms with Gasteiger partial charge < -0.3 is 10.1 Å². The Morgan fingerprint density at radius 3 is 2.71 bits per heavy atom. The molecule has 7 heteroatoms. The minimum absolute atomic E-state index is 0.0346. The topological polar surface area (TPSA) is 80.3 Å². The maximum absolute atomic E-state index is 11.6. The lowest BCUT2D eigenvalue weighted by Gasteiger charge is -2.08. The Morgan fingerprint density at radius 1 is 1.41 bits per heavy atom. The number of ether oxygens (including phenoxy) is 1. The average Bonchev–Trinajstić information content (AvgIpc) is 2.30. The van der Waals surface area contributed by atoms with Crippen LogP contribution in [0.3, 0.4) is 0 Å². The molecular formula is C10H17N3O3S. The number of aromatic nitrogens is 1. The van der Waals surface area contributed by atoms with Gasteiger partial charge in [-0.1, -0.05) is 6.92 Å². The third-order valence-electron chi connectivity index (χ3n) is 2.02. The molecule has 0 aliphatic heterocycles. The number of sulfonamides is 1. The van der Waals surface area contributed by atoms with Gasteiger partial charge in [-0.15, -0.1) is 0 Å². The molecule has 0 aliphatic carbocycles. The van der Waals surface area contributed by atoms with E-state index in [1.54, 1.807) is 12.1 Å². The smallest absolute Gasteiger partial charge is 0.234 e. The van der Waals surface area contributed by atoms with E-state index < -0.39 is 10.0 Å². The zero-order valence-electron chi connectivity index (χ0n) is 9.93.